The molecular weight excluding hydrogens is 210 g/mol. The minimum atomic E-state index is 0.497. The topological polar surface area (TPSA) is 54.7 Å². The first-order chi connectivity index (χ1) is 8.06. The highest BCUT2D eigenvalue weighted by Crippen LogP contribution is 2.17. The van der Waals surface area contributed by atoms with Crippen molar-refractivity contribution in [1.29, 1.82) is 0 Å². The molecule has 0 aliphatic carbocycles. The van der Waals surface area contributed by atoms with Crippen LogP contribution < -0.4 is 5.73 Å². The summed E-state index contributed by atoms with van der Waals surface area (Å²) in [5.41, 5.74) is 10.3. The number of nitrogens with one attached hydrogen (secondary N) is 1. The molecule has 2 aromatic rings. The Bertz CT molecular complexity index is 495. The second kappa shape index (κ2) is 4.62. The highest BCUT2D eigenvalue weighted by atomic mass is 15.0. The van der Waals surface area contributed by atoms with Gasteiger partial charge in [0.1, 0.15) is 0 Å². The molecule has 0 fully saturated rings. The van der Waals surface area contributed by atoms with Gasteiger partial charge in [0.2, 0.25) is 0 Å². The monoisotopic (exact) mass is 229 g/mol. The molecule has 0 aliphatic rings. The van der Waals surface area contributed by atoms with E-state index in [-0.39, 0.29) is 0 Å². The zero-order valence-electron chi connectivity index (χ0n) is 10.6. The van der Waals surface area contributed by atoms with Crippen LogP contribution in [0.1, 0.15) is 42.3 Å². The lowest BCUT2D eigenvalue weighted by atomic mass is 10.00. The summed E-state index contributed by atoms with van der Waals surface area (Å²) in [4.78, 5) is 7.31. The third-order valence-electron chi connectivity index (χ3n) is 3.02. The van der Waals surface area contributed by atoms with Gasteiger partial charge in [-0.1, -0.05) is 38.1 Å². The molecule has 1 aromatic carbocycles. The minimum absolute atomic E-state index is 0.497. The number of nitrogens with two attached hydrogens (primary N) is 1. The van der Waals surface area contributed by atoms with Crippen molar-refractivity contribution in [2.45, 2.75) is 33.1 Å². The number of nitrogens with zero attached hydrogens (tertiary/aromatic N) is 1. The molecule has 1 heterocycles. The van der Waals surface area contributed by atoms with Gasteiger partial charge in [-0.05, 0) is 24.0 Å². The Morgan fingerprint density at radius 3 is 2.35 bits per heavy atom. The van der Waals surface area contributed by atoms with E-state index in [1.165, 1.54) is 11.1 Å². The number of benzene rings is 1. The SMILES string of the molecule is Cc1[nH]c(N)nc1Cc1ccc(C(C)C)cc1. The number of aromatic nitrogens is 2. The number of rotatable bonds is 3. The second-order valence-electron chi connectivity index (χ2n) is 4.77. The number of imidazole rings is 1. The quantitative estimate of drug-likeness (QED) is 0.850. The number of hydrogen-bond donors (Lipinski definition) is 2. The van der Waals surface area contributed by atoms with Crippen LogP contribution in [0, 0.1) is 6.92 Å². The van der Waals surface area contributed by atoms with E-state index in [9.17, 15) is 0 Å². The Kier molecular flexibility index (Phi) is 3.18. The minimum Gasteiger partial charge on any atom is -0.369 e. The summed E-state index contributed by atoms with van der Waals surface area (Å²) in [5.74, 6) is 1.07. The summed E-state index contributed by atoms with van der Waals surface area (Å²) in [5, 5.41) is 0. The average Bonchev–Trinajstić information content (AvgIpc) is 2.58. The van der Waals surface area contributed by atoms with Gasteiger partial charge in [-0.15, -0.1) is 0 Å². The molecule has 0 atom stereocenters. The number of hydrogen-bond acceptors (Lipinski definition) is 2. The molecule has 0 aliphatic heterocycles. The van der Waals surface area contributed by atoms with Crippen molar-refractivity contribution in [1.82, 2.24) is 9.97 Å². The number of anilines is 1. The highest BCUT2D eigenvalue weighted by Gasteiger charge is 2.06. The zero-order chi connectivity index (χ0) is 12.4. The van der Waals surface area contributed by atoms with E-state index in [4.69, 9.17) is 5.73 Å². The van der Waals surface area contributed by atoms with Gasteiger partial charge < -0.3 is 10.7 Å². The highest BCUT2D eigenvalue weighted by molar-refractivity contribution is 5.32. The smallest absolute Gasteiger partial charge is 0.197 e. The van der Waals surface area contributed by atoms with E-state index in [0.717, 1.165) is 17.8 Å². The third kappa shape index (κ3) is 2.67. The van der Waals surface area contributed by atoms with Crippen LogP contribution in [0.4, 0.5) is 5.95 Å². The average molecular weight is 229 g/mol. The molecule has 17 heavy (non-hydrogen) atoms. The molecular formula is C14H19N3. The van der Waals surface area contributed by atoms with Crippen molar-refractivity contribution >= 4 is 5.95 Å². The predicted octanol–water partition coefficient (Wildman–Crippen LogP) is 3.01. The Morgan fingerprint density at radius 1 is 1.24 bits per heavy atom. The molecule has 0 radical (unpaired) electrons. The lowest BCUT2D eigenvalue weighted by Gasteiger charge is -2.06. The van der Waals surface area contributed by atoms with Crippen molar-refractivity contribution in [2.24, 2.45) is 0 Å². The number of aromatic amines is 1. The van der Waals surface area contributed by atoms with E-state index >= 15 is 0 Å². The Balaban J connectivity index is 2.16. The molecule has 3 N–H and O–H groups in total. The van der Waals surface area contributed by atoms with E-state index in [1.54, 1.807) is 0 Å². The van der Waals surface area contributed by atoms with Gasteiger partial charge in [-0.2, -0.15) is 0 Å². The number of nitrogen functional groups attached to an aromatic ring is 1. The molecule has 3 nitrogen and oxygen atoms in total. The van der Waals surface area contributed by atoms with E-state index < -0.39 is 0 Å². The Morgan fingerprint density at radius 2 is 1.88 bits per heavy atom. The molecule has 0 unspecified atom stereocenters. The molecule has 2 rings (SSSR count). The van der Waals surface area contributed by atoms with Crippen LogP contribution in [-0.4, -0.2) is 9.97 Å². The molecule has 0 bridgehead atoms. The maximum atomic E-state index is 5.63. The van der Waals surface area contributed by atoms with E-state index in [1.807, 2.05) is 6.92 Å². The molecule has 90 valence electrons. The van der Waals surface area contributed by atoms with Gasteiger partial charge in [0.05, 0.1) is 5.69 Å². The van der Waals surface area contributed by atoms with E-state index in [0.29, 0.717) is 11.9 Å². The van der Waals surface area contributed by atoms with Crippen LogP contribution in [0.25, 0.3) is 0 Å². The van der Waals surface area contributed by atoms with Crippen molar-refractivity contribution in [3.63, 3.8) is 0 Å². The van der Waals surface area contributed by atoms with Crippen LogP contribution in [0.2, 0.25) is 0 Å². The molecule has 0 saturated carbocycles. The zero-order valence-corrected chi connectivity index (χ0v) is 10.6. The van der Waals surface area contributed by atoms with Gasteiger partial charge in [-0.25, -0.2) is 4.98 Å². The largest absolute Gasteiger partial charge is 0.369 e. The predicted molar refractivity (Wildman–Crippen MR) is 71.1 cm³/mol. The standard InChI is InChI=1S/C14H19N3/c1-9(2)12-6-4-11(5-7-12)8-13-10(3)16-14(15)17-13/h4-7,9H,8H2,1-3H3,(H3,15,16,17). The normalized spacial score (nSPS) is 11.1. The maximum Gasteiger partial charge on any atom is 0.197 e. The van der Waals surface area contributed by atoms with Gasteiger partial charge >= 0.3 is 0 Å². The summed E-state index contributed by atoms with van der Waals surface area (Å²) in [6.45, 7) is 6.41. The number of H-pyrrole nitrogens is 1. The summed E-state index contributed by atoms with van der Waals surface area (Å²) < 4.78 is 0. The summed E-state index contributed by atoms with van der Waals surface area (Å²) in [6.07, 6.45) is 0.831. The lowest BCUT2D eigenvalue weighted by Crippen LogP contribution is -1.93. The summed E-state index contributed by atoms with van der Waals surface area (Å²) in [7, 11) is 0. The first kappa shape index (κ1) is 11.7. The van der Waals surface area contributed by atoms with Crippen LogP contribution >= 0.6 is 0 Å². The molecule has 0 saturated heterocycles. The Hall–Kier alpha value is -1.77. The van der Waals surface area contributed by atoms with Gasteiger partial charge in [-0.3, -0.25) is 0 Å². The first-order valence-corrected chi connectivity index (χ1v) is 5.96. The molecule has 3 heteroatoms. The van der Waals surface area contributed by atoms with Crippen molar-refractivity contribution in [2.75, 3.05) is 5.73 Å². The van der Waals surface area contributed by atoms with Crippen molar-refractivity contribution in [3.05, 3.63) is 46.8 Å². The number of aryl methyl sites for hydroxylation is 1. The van der Waals surface area contributed by atoms with Crippen LogP contribution in [0.5, 0.6) is 0 Å². The van der Waals surface area contributed by atoms with Crippen LogP contribution in [0.3, 0.4) is 0 Å². The van der Waals surface area contributed by atoms with Crippen molar-refractivity contribution < 1.29 is 0 Å². The fourth-order valence-electron chi connectivity index (χ4n) is 1.91. The van der Waals surface area contributed by atoms with Crippen LogP contribution in [-0.2, 0) is 6.42 Å². The lowest BCUT2D eigenvalue weighted by molar-refractivity contribution is 0.865. The summed E-state index contributed by atoms with van der Waals surface area (Å²) in [6, 6.07) is 8.70. The Labute approximate surface area is 102 Å². The van der Waals surface area contributed by atoms with Gasteiger partial charge in [0.15, 0.2) is 5.95 Å². The molecule has 0 spiro atoms. The van der Waals surface area contributed by atoms with Gasteiger partial charge in [0, 0.05) is 12.1 Å². The molecule has 0 amide bonds. The maximum absolute atomic E-state index is 5.63. The first-order valence-electron chi connectivity index (χ1n) is 5.96. The van der Waals surface area contributed by atoms with E-state index in [2.05, 4.69) is 48.1 Å². The fraction of sp³-hybridized carbons (Fsp3) is 0.357. The fourth-order valence-corrected chi connectivity index (χ4v) is 1.91. The van der Waals surface area contributed by atoms with Crippen molar-refractivity contribution in [3.8, 4) is 0 Å². The summed E-state index contributed by atoms with van der Waals surface area (Å²) >= 11 is 0. The van der Waals surface area contributed by atoms with Gasteiger partial charge in [0.25, 0.3) is 0 Å². The third-order valence-corrected chi connectivity index (χ3v) is 3.02. The second-order valence-corrected chi connectivity index (χ2v) is 4.77. The van der Waals surface area contributed by atoms with Crippen LogP contribution in [0.15, 0.2) is 24.3 Å². The molecule has 1 aromatic heterocycles.